The SMILES string of the molecule is C[C@H](CS(=O)(=O)C=Cc1n[nH]c2c1CCCCC2Cc1cccc(Cl)c1)c1ccccc1. The van der Waals surface area contributed by atoms with Gasteiger partial charge in [0.2, 0.25) is 0 Å². The molecule has 1 aliphatic carbocycles. The summed E-state index contributed by atoms with van der Waals surface area (Å²) in [6.07, 6.45) is 6.78. The van der Waals surface area contributed by atoms with E-state index in [9.17, 15) is 8.42 Å². The van der Waals surface area contributed by atoms with E-state index in [1.165, 1.54) is 11.0 Å². The molecule has 32 heavy (non-hydrogen) atoms. The molecule has 6 heteroatoms. The van der Waals surface area contributed by atoms with Crippen LogP contribution in [0.25, 0.3) is 6.08 Å². The monoisotopic (exact) mass is 468 g/mol. The van der Waals surface area contributed by atoms with Crippen LogP contribution < -0.4 is 0 Å². The number of aromatic amines is 1. The second kappa shape index (κ2) is 10.1. The molecule has 1 unspecified atom stereocenters. The minimum absolute atomic E-state index is 0.0655. The molecular formula is C26H29ClN2O2S. The van der Waals surface area contributed by atoms with Crippen LogP contribution in [0.5, 0.6) is 0 Å². The lowest BCUT2D eigenvalue weighted by Gasteiger charge is -2.14. The first kappa shape index (κ1) is 22.8. The average Bonchev–Trinajstić information content (AvgIpc) is 3.07. The number of halogens is 1. The predicted octanol–water partition coefficient (Wildman–Crippen LogP) is 6.31. The Hall–Kier alpha value is -2.37. The van der Waals surface area contributed by atoms with Crippen LogP contribution in [0.3, 0.4) is 0 Å². The molecule has 0 amide bonds. The van der Waals surface area contributed by atoms with Crippen LogP contribution in [0.4, 0.5) is 0 Å². The molecule has 1 aromatic heterocycles. The lowest BCUT2D eigenvalue weighted by Crippen LogP contribution is -2.10. The summed E-state index contributed by atoms with van der Waals surface area (Å²) in [5.41, 5.74) is 5.27. The van der Waals surface area contributed by atoms with E-state index in [4.69, 9.17) is 11.6 Å². The molecule has 0 saturated carbocycles. The van der Waals surface area contributed by atoms with Crippen LogP contribution >= 0.6 is 11.6 Å². The zero-order chi connectivity index (χ0) is 22.6. The number of nitrogens with zero attached hydrogens (tertiary/aromatic N) is 1. The molecule has 4 nitrogen and oxygen atoms in total. The fourth-order valence-corrected chi connectivity index (χ4v) is 6.12. The van der Waals surface area contributed by atoms with Gasteiger partial charge in [-0.1, -0.05) is 67.4 Å². The first-order chi connectivity index (χ1) is 15.4. The Labute approximate surface area is 195 Å². The molecule has 0 aliphatic heterocycles. The minimum Gasteiger partial charge on any atom is -0.281 e. The Bertz CT molecular complexity index is 1190. The molecule has 0 saturated heterocycles. The van der Waals surface area contributed by atoms with Gasteiger partial charge in [0.05, 0.1) is 11.4 Å². The van der Waals surface area contributed by atoms with Crippen molar-refractivity contribution >= 4 is 27.5 Å². The second-order valence-corrected chi connectivity index (χ2v) is 11.1. The van der Waals surface area contributed by atoms with Crippen LogP contribution in [0.2, 0.25) is 5.02 Å². The molecule has 0 fully saturated rings. The first-order valence-electron chi connectivity index (χ1n) is 11.2. The van der Waals surface area contributed by atoms with Crippen LogP contribution in [0.1, 0.15) is 66.1 Å². The van der Waals surface area contributed by atoms with Gasteiger partial charge < -0.3 is 0 Å². The molecule has 168 valence electrons. The maximum atomic E-state index is 12.7. The highest BCUT2D eigenvalue weighted by atomic mass is 35.5. The van der Waals surface area contributed by atoms with Crippen molar-refractivity contribution in [2.24, 2.45) is 0 Å². The summed E-state index contributed by atoms with van der Waals surface area (Å²) in [5, 5.41) is 9.79. The standard InChI is InChI=1S/C26H29ClN2O2S/c1-19(21-9-3-2-4-10-21)18-32(30,31)15-14-25-24-13-6-5-11-22(26(24)29-28-25)16-20-8-7-12-23(27)17-20/h2-4,7-10,12,14-15,17,19,22H,5-6,11,13,16,18H2,1H3,(H,28,29)/t19-,22?/m1/s1. The first-order valence-corrected chi connectivity index (χ1v) is 13.3. The van der Waals surface area contributed by atoms with E-state index in [0.717, 1.165) is 59.6 Å². The highest BCUT2D eigenvalue weighted by Crippen LogP contribution is 2.34. The molecule has 1 N–H and O–H groups in total. The van der Waals surface area contributed by atoms with Crippen LogP contribution in [0, 0.1) is 0 Å². The highest BCUT2D eigenvalue weighted by molar-refractivity contribution is 7.94. The Morgan fingerprint density at radius 3 is 2.75 bits per heavy atom. The third-order valence-corrected chi connectivity index (χ3v) is 7.97. The van der Waals surface area contributed by atoms with Crippen molar-refractivity contribution in [2.45, 2.75) is 50.9 Å². The van der Waals surface area contributed by atoms with E-state index >= 15 is 0 Å². The third-order valence-electron chi connectivity index (χ3n) is 6.22. The summed E-state index contributed by atoms with van der Waals surface area (Å²) in [7, 11) is -3.36. The number of H-pyrrole nitrogens is 1. The third kappa shape index (κ3) is 5.70. The zero-order valence-electron chi connectivity index (χ0n) is 18.3. The number of hydrogen-bond acceptors (Lipinski definition) is 3. The van der Waals surface area contributed by atoms with Crippen molar-refractivity contribution in [3.05, 3.63) is 93.1 Å². The number of nitrogens with one attached hydrogen (secondary N) is 1. The number of sulfone groups is 1. The quantitative estimate of drug-likeness (QED) is 0.413. The molecule has 1 heterocycles. The van der Waals surface area contributed by atoms with Crippen molar-refractivity contribution in [1.82, 2.24) is 10.2 Å². The number of hydrogen-bond donors (Lipinski definition) is 1. The van der Waals surface area contributed by atoms with Crippen molar-refractivity contribution in [3.8, 4) is 0 Å². The van der Waals surface area contributed by atoms with Gasteiger partial charge in [-0.2, -0.15) is 5.10 Å². The Kier molecular flexibility index (Phi) is 7.17. The minimum atomic E-state index is -3.36. The van der Waals surface area contributed by atoms with E-state index in [1.807, 2.05) is 55.5 Å². The number of rotatable bonds is 7. The van der Waals surface area contributed by atoms with Gasteiger partial charge in [-0.05, 0) is 60.9 Å². The van der Waals surface area contributed by atoms with Crippen molar-refractivity contribution in [2.75, 3.05) is 5.75 Å². The van der Waals surface area contributed by atoms with Crippen LogP contribution in [-0.2, 0) is 22.7 Å². The summed E-state index contributed by atoms with van der Waals surface area (Å²) in [6, 6.07) is 17.8. The lowest BCUT2D eigenvalue weighted by atomic mass is 9.91. The van der Waals surface area contributed by atoms with E-state index < -0.39 is 9.84 Å². The van der Waals surface area contributed by atoms with E-state index in [-0.39, 0.29) is 11.7 Å². The molecule has 0 spiro atoms. The molecule has 0 radical (unpaired) electrons. The van der Waals surface area contributed by atoms with Crippen LogP contribution in [-0.4, -0.2) is 24.4 Å². The highest BCUT2D eigenvalue weighted by Gasteiger charge is 2.24. The summed E-state index contributed by atoms with van der Waals surface area (Å²) in [6.45, 7) is 1.95. The molecule has 0 bridgehead atoms. The van der Waals surface area contributed by atoms with Gasteiger partial charge in [0.25, 0.3) is 0 Å². The molecule has 2 atom stereocenters. The Balaban J connectivity index is 1.51. The second-order valence-electron chi connectivity index (χ2n) is 8.72. The van der Waals surface area contributed by atoms with Crippen molar-refractivity contribution in [3.63, 3.8) is 0 Å². The fraction of sp³-hybridized carbons (Fsp3) is 0.346. The lowest BCUT2D eigenvalue weighted by molar-refractivity contribution is 0.578. The molecule has 4 rings (SSSR count). The maximum Gasteiger partial charge on any atom is 0.172 e. The Morgan fingerprint density at radius 1 is 1.16 bits per heavy atom. The van der Waals surface area contributed by atoms with Crippen molar-refractivity contribution < 1.29 is 8.42 Å². The van der Waals surface area contributed by atoms with Gasteiger partial charge in [0, 0.05) is 27.6 Å². The number of aromatic nitrogens is 2. The van der Waals surface area contributed by atoms with Gasteiger partial charge >= 0.3 is 0 Å². The predicted molar refractivity (Wildman–Crippen MR) is 132 cm³/mol. The van der Waals surface area contributed by atoms with E-state index in [1.54, 1.807) is 6.08 Å². The molecule has 2 aromatic carbocycles. The molecule has 1 aliphatic rings. The van der Waals surface area contributed by atoms with Gasteiger partial charge in [-0.3, -0.25) is 5.10 Å². The zero-order valence-corrected chi connectivity index (χ0v) is 19.9. The smallest absolute Gasteiger partial charge is 0.172 e. The van der Waals surface area contributed by atoms with Crippen molar-refractivity contribution in [1.29, 1.82) is 0 Å². The van der Waals surface area contributed by atoms with Gasteiger partial charge in [0.1, 0.15) is 0 Å². The summed E-state index contributed by atoms with van der Waals surface area (Å²) >= 11 is 6.17. The van der Waals surface area contributed by atoms with E-state index in [0.29, 0.717) is 5.92 Å². The molecule has 3 aromatic rings. The normalized spacial score (nSPS) is 17.8. The van der Waals surface area contributed by atoms with Gasteiger partial charge in [0.15, 0.2) is 9.84 Å². The average molecular weight is 469 g/mol. The summed E-state index contributed by atoms with van der Waals surface area (Å²) in [4.78, 5) is 0. The van der Waals surface area contributed by atoms with Crippen LogP contribution in [0.15, 0.2) is 60.0 Å². The summed E-state index contributed by atoms with van der Waals surface area (Å²) < 4.78 is 25.5. The largest absolute Gasteiger partial charge is 0.281 e. The van der Waals surface area contributed by atoms with Gasteiger partial charge in [-0.25, -0.2) is 8.42 Å². The number of fused-ring (bicyclic) bond motifs is 1. The fourth-order valence-electron chi connectivity index (χ4n) is 4.57. The Morgan fingerprint density at radius 2 is 1.97 bits per heavy atom. The maximum absolute atomic E-state index is 12.7. The topological polar surface area (TPSA) is 62.8 Å². The van der Waals surface area contributed by atoms with Gasteiger partial charge in [-0.15, -0.1) is 0 Å². The number of benzene rings is 2. The summed E-state index contributed by atoms with van der Waals surface area (Å²) in [5.74, 6) is 0.344. The molecular weight excluding hydrogens is 440 g/mol. The van der Waals surface area contributed by atoms with E-state index in [2.05, 4.69) is 16.3 Å².